The molecule has 2 aliphatic heterocycles. The van der Waals surface area contributed by atoms with Gasteiger partial charge in [0.05, 0.1) is 25.8 Å². The van der Waals surface area contributed by atoms with Crippen molar-refractivity contribution in [2.45, 2.75) is 64.0 Å². The van der Waals surface area contributed by atoms with E-state index in [2.05, 4.69) is 27.2 Å². The van der Waals surface area contributed by atoms with Crippen molar-refractivity contribution in [3.63, 3.8) is 0 Å². The van der Waals surface area contributed by atoms with Crippen LogP contribution in [0.25, 0.3) is 10.9 Å². The number of pyridine rings is 1. The first-order valence-corrected chi connectivity index (χ1v) is 14.8. The van der Waals surface area contributed by atoms with Crippen molar-refractivity contribution >= 4 is 22.3 Å². The van der Waals surface area contributed by atoms with Gasteiger partial charge in [-0.1, -0.05) is 6.07 Å². The summed E-state index contributed by atoms with van der Waals surface area (Å²) in [6, 6.07) is 11.7. The molecule has 3 aliphatic rings. The van der Waals surface area contributed by atoms with Crippen LogP contribution in [0.15, 0.2) is 36.4 Å². The Kier molecular flexibility index (Phi) is 8.16. The topological polar surface area (TPSA) is 49.9 Å². The number of rotatable bonds is 9. The third-order valence-electron chi connectivity index (χ3n) is 8.69. The molecule has 6 rings (SSSR count). The zero-order valence-electron chi connectivity index (χ0n) is 23.2. The molecule has 6 nitrogen and oxygen atoms in total. The van der Waals surface area contributed by atoms with Crippen LogP contribution in [0.2, 0.25) is 0 Å². The molecule has 2 fully saturated rings. The van der Waals surface area contributed by atoms with Gasteiger partial charge in [-0.2, -0.15) is 0 Å². The number of benzene rings is 2. The normalized spacial score (nSPS) is 18.5. The Labute approximate surface area is 231 Å². The number of anilines is 2. The second-order valence-electron chi connectivity index (χ2n) is 11.3. The van der Waals surface area contributed by atoms with E-state index >= 15 is 0 Å². The minimum atomic E-state index is -0.173. The lowest BCUT2D eigenvalue weighted by atomic mass is 9.91. The number of nitrogens with zero attached hydrogens (tertiary/aromatic N) is 3. The summed E-state index contributed by atoms with van der Waals surface area (Å²) in [4.78, 5) is 9.92. The Balaban J connectivity index is 1.21. The fourth-order valence-corrected chi connectivity index (χ4v) is 6.50. The molecule has 1 N–H and O–H groups in total. The average molecular weight is 533 g/mol. The molecule has 0 radical (unpaired) electrons. The number of hydrogen-bond acceptors (Lipinski definition) is 6. The molecule has 0 bridgehead atoms. The van der Waals surface area contributed by atoms with Crippen LogP contribution in [0.5, 0.6) is 5.75 Å². The van der Waals surface area contributed by atoms with Gasteiger partial charge in [-0.05, 0) is 100 Å². The average Bonchev–Trinajstić information content (AvgIpc) is 3.49. The number of fused-ring (bicyclic) bond motifs is 2. The maximum atomic E-state index is 13.8. The Morgan fingerprint density at radius 1 is 1.00 bits per heavy atom. The Morgan fingerprint density at radius 3 is 2.62 bits per heavy atom. The number of hydrogen-bond donors (Lipinski definition) is 1. The van der Waals surface area contributed by atoms with Crippen molar-refractivity contribution in [2.75, 3.05) is 56.7 Å². The predicted molar refractivity (Wildman–Crippen MR) is 156 cm³/mol. The lowest BCUT2D eigenvalue weighted by Crippen LogP contribution is -2.39. The highest BCUT2D eigenvalue weighted by molar-refractivity contribution is 5.95. The summed E-state index contributed by atoms with van der Waals surface area (Å²) < 4.78 is 25.7. The Morgan fingerprint density at radius 2 is 1.82 bits per heavy atom. The highest BCUT2D eigenvalue weighted by Crippen LogP contribution is 2.38. The summed E-state index contributed by atoms with van der Waals surface area (Å²) >= 11 is 0. The van der Waals surface area contributed by atoms with E-state index in [0.29, 0.717) is 12.6 Å². The molecular formula is C32H41FN4O2. The van der Waals surface area contributed by atoms with E-state index in [1.165, 1.54) is 61.8 Å². The molecule has 0 amide bonds. The van der Waals surface area contributed by atoms with Gasteiger partial charge in [0, 0.05) is 53.7 Å². The molecular weight excluding hydrogens is 491 g/mol. The largest absolute Gasteiger partial charge is 0.496 e. The number of nitrogens with one attached hydrogen (secondary N) is 1. The van der Waals surface area contributed by atoms with Gasteiger partial charge in [0.25, 0.3) is 0 Å². The molecule has 3 aromatic rings. The van der Waals surface area contributed by atoms with Crippen molar-refractivity contribution in [1.29, 1.82) is 0 Å². The molecule has 39 heavy (non-hydrogen) atoms. The number of aryl methyl sites for hydroxylation is 1. The van der Waals surface area contributed by atoms with Crippen molar-refractivity contribution in [3.8, 4) is 5.75 Å². The van der Waals surface area contributed by atoms with E-state index in [0.717, 1.165) is 79.8 Å². The number of piperidine rings is 1. The molecule has 0 spiro atoms. The fraction of sp³-hybridized carbons (Fsp3) is 0.531. The molecule has 2 aromatic carbocycles. The van der Waals surface area contributed by atoms with Crippen molar-refractivity contribution < 1.29 is 13.9 Å². The van der Waals surface area contributed by atoms with E-state index in [1.807, 2.05) is 6.07 Å². The van der Waals surface area contributed by atoms with E-state index in [-0.39, 0.29) is 5.82 Å². The number of halogens is 1. The van der Waals surface area contributed by atoms with Crippen LogP contribution in [0.3, 0.4) is 0 Å². The first-order valence-electron chi connectivity index (χ1n) is 14.8. The van der Waals surface area contributed by atoms with Crippen LogP contribution in [0, 0.1) is 5.82 Å². The monoisotopic (exact) mass is 532 g/mol. The molecule has 2 saturated heterocycles. The summed E-state index contributed by atoms with van der Waals surface area (Å²) in [6.07, 6.45) is 9.11. The van der Waals surface area contributed by atoms with Gasteiger partial charge in [0.1, 0.15) is 11.6 Å². The lowest BCUT2D eigenvalue weighted by molar-refractivity contribution is 0.0979. The van der Waals surface area contributed by atoms with Crippen LogP contribution < -0.4 is 15.0 Å². The number of methoxy groups -OCH3 is 1. The highest BCUT2D eigenvalue weighted by atomic mass is 19.1. The van der Waals surface area contributed by atoms with Gasteiger partial charge in [-0.25, -0.2) is 4.39 Å². The van der Waals surface area contributed by atoms with E-state index in [1.54, 1.807) is 19.2 Å². The second-order valence-corrected chi connectivity index (χ2v) is 11.3. The third kappa shape index (κ3) is 5.99. The first kappa shape index (κ1) is 26.3. The van der Waals surface area contributed by atoms with E-state index < -0.39 is 0 Å². The smallest absolute Gasteiger partial charge is 0.125 e. The summed E-state index contributed by atoms with van der Waals surface area (Å²) in [5.74, 6) is 0.693. The van der Waals surface area contributed by atoms with Crippen LogP contribution in [-0.2, 0) is 24.2 Å². The molecule has 3 heterocycles. The van der Waals surface area contributed by atoms with Crippen molar-refractivity contribution in [1.82, 2.24) is 9.88 Å². The molecule has 7 heteroatoms. The van der Waals surface area contributed by atoms with Crippen LogP contribution in [0.4, 0.5) is 15.8 Å². The molecule has 208 valence electrons. The fourth-order valence-electron chi connectivity index (χ4n) is 6.50. The summed E-state index contributed by atoms with van der Waals surface area (Å²) in [5, 5.41) is 5.10. The number of aromatic nitrogens is 1. The van der Waals surface area contributed by atoms with Gasteiger partial charge in [0.2, 0.25) is 0 Å². The van der Waals surface area contributed by atoms with Gasteiger partial charge < -0.3 is 24.6 Å². The van der Waals surface area contributed by atoms with Crippen LogP contribution >= 0.6 is 0 Å². The van der Waals surface area contributed by atoms with Crippen LogP contribution in [-0.4, -0.2) is 62.4 Å². The summed E-state index contributed by atoms with van der Waals surface area (Å²) in [6.45, 7) is 6.47. The Bertz CT molecular complexity index is 1280. The molecule has 0 unspecified atom stereocenters. The number of likely N-dealkylation sites (tertiary alicyclic amines) is 1. The second kappa shape index (κ2) is 12.1. The highest BCUT2D eigenvalue weighted by Gasteiger charge is 2.25. The summed E-state index contributed by atoms with van der Waals surface area (Å²) in [5.41, 5.74) is 6.90. The maximum absolute atomic E-state index is 13.8. The standard InChI is InChI=1S/C32H41FN4O2/c1-38-31-21-28-30(19-23(31)22-39-18-17-36-13-4-5-14-36)35-29-10-3-2-9-27(29)32(28)34-25-11-15-37(16-12-25)26-8-6-7-24(33)20-26/h6-8,19-21,25H,2-5,9-18,22H2,1H3,(H,34,35). The van der Waals surface area contributed by atoms with Gasteiger partial charge >= 0.3 is 0 Å². The van der Waals surface area contributed by atoms with Crippen LogP contribution in [0.1, 0.15) is 55.3 Å². The van der Waals surface area contributed by atoms with E-state index in [9.17, 15) is 4.39 Å². The Hall–Kier alpha value is -2.90. The predicted octanol–water partition coefficient (Wildman–Crippen LogP) is 5.95. The minimum Gasteiger partial charge on any atom is -0.496 e. The van der Waals surface area contributed by atoms with Gasteiger partial charge in [-0.15, -0.1) is 0 Å². The van der Waals surface area contributed by atoms with Crippen molar-refractivity contribution in [3.05, 3.63) is 59.0 Å². The lowest BCUT2D eigenvalue weighted by Gasteiger charge is -2.35. The van der Waals surface area contributed by atoms with E-state index in [4.69, 9.17) is 14.5 Å². The maximum Gasteiger partial charge on any atom is 0.125 e. The number of ether oxygens (including phenoxy) is 2. The third-order valence-corrected chi connectivity index (χ3v) is 8.69. The minimum absolute atomic E-state index is 0.173. The molecule has 1 aliphatic carbocycles. The molecule has 0 saturated carbocycles. The zero-order chi connectivity index (χ0) is 26.6. The molecule has 1 aromatic heterocycles. The first-order chi connectivity index (χ1) is 19.2. The quantitative estimate of drug-likeness (QED) is 0.344. The van der Waals surface area contributed by atoms with Crippen molar-refractivity contribution in [2.24, 2.45) is 0 Å². The molecule has 0 atom stereocenters. The SMILES string of the molecule is COc1cc2c(NC3CCN(c4cccc(F)c4)CC3)c3c(nc2cc1COCCN1CCCC1)CCCC3. The van der Waals surface area contributed by atoms with Gasteiger partial charge in [0.15, 0.2) is 0 Å². The zero-order valence-corrected chi connectivity index (χ0v) is 23.2. The van der Waals surface area contributed by atoms with Gasteiger partial charge in [-0.3, -0.25) is 4.98 Å². The summed E-state index contributed by atoms with van der Waals surface area (Å²) in [7, 11) is 1.75.